The van der Waals surface area contributed by atoms with E-state index in [0.29, 0.717) is 6.10 Å². The molecule has 1 heterocycles. The van der Waals surface area contributed by atoms with Crippen molar-refractivity contribution in [2.45, 2.75) is 32.3 Å². The Bertz CT molecular complexity index is 411. The number of anilines is 1. The van der Waals surface area contributed by atoms with E-state index in [-0.39, 0.29) is 0 Å². The van der Waals surface area contributed by atoms with Gasteiger partial charge in [-0.15, -0.1) is 0 Å². The van der Waals surface area contributed by atoms with E-state index in [1.807, 2.05) is 32.2 Å². The smallest absolute Gasteiger partial charge is 0.152 e. The maximum Gasteiger partial charge on any atom is 0.152 e. The third-order valence-corrected chi connectivity index (χ3v) is 3.47. The molecule has 1 aliphatic heterocycles. The van der Waals surface area contributed by atoms with E-state index >= 15 is 0 Å². The lowest BCUT2D eigenvalue weighted by molar-refractivity contribution is 0.0216. The zero-order chi connectivity index (χ0) is 13.0. The van der Waals surface area contributed by atoms with Crippen LogP contribution >= 0.6 is 0 Å². The average molecular weight is 247 g/mol. The second-order valence-corrected chi connectivity index (χ2v) is 5.05. The van der Waals surface area contributed by atoms with Gasteiger partial charge in [0, 0.05) is 31.5 Å². The number of nitrogens with zero attached hydrogens (tertiary/aromatic N) is 1. The van der Waals surface area contributed by atoms with Crippen LogP contribution in [0.25, 0.3) is 0 Å². The molecule has 3 nitrogen and oxygen atoms in total. The highest BCUT2D eigenvalue weighted by atomic mass is 16.5. The summed E-state index contributed by atoms with van der Waals surface area (Å²) >= 11 is 0. The first kappa shape index (κ1) is 13.1. The Morgan fingerprint density at radius 1 is 1.44 bits per heavy atom. The summed E-state index contributed by atoms with van der Waals surface area (Å²) in [4.78, 5) is 13.2. The van der Waals surface area contributed by atoms with Crippen molar-refractivity contribution in [2.75, 3.05) is 25.1 Å². The Hall–Kier alpha value is -1.35. The minimum Gasteiger partial charge on any atom is -0.376 e. The lowest BCUT2D eigenvalue weighted by atomic mass is 10.1. The van der Waals surface area contributed by atoms with Crippen LogP contribution in [-0.4, -0.2) is 32.6 Å². The molecular formula is C15H21NO2. The van der Waals surface area contributed by atoms with Crippen LogP contribution in [0, 0.1) is 6.92 Å². The van der Waals surface area contributed by atoms with Crippen LogP contribution in [0.4, 0.5) is 5.69 Å². The lowest BCUT2D eigenvalue weighted by Crippen LogP contribution is -2.33. The molecule has 1 unspecified atom stereocenters. The Morgan fingerprint density at radius 3 is 2.94 bits per heavy atom. The van der Waals surface area contributed by atoms with Gasteiger partial charge in [-0.3, -0.25) is 4.79 Å². The summed E-state index contributed by atoms with van der Waals surface area (Å²) in [6.45, 7) is 3.72. The molecule has 1 aliphatic rings. The average Bonchev–Trinajstić information content (AvgIpc) is 2.39. The quantitative estimate of drug-likeness (QED) is 0.766. The van der Waals surface area contributed by atoms with Crippen LogP contribution in [0.1, 0.15) is 35.2 Å². The predicted octanol–water partition coefficient (Wildman–Crippen LogP) is 2.81. The van der Waals surface area contributed by atoms with Crippen LogP contribution in [0.2, 0.25) is 0 Å². The first-order valence-electron chi connectivity index (χ1n) is 6.59. The molecule has 0 aliphatic carbocycles. The molecule has 0 N–H and O–H groups in total. The van der Waals surface area contributed by atoms with E-state index in [1.54, 1.807) is 0 Å². The van der Waals surface area contributed by atoms with Crippen molar-refractivity contribution >= 4 is 12.0 Å². The van der Waals surface area contributed by atoms with E-state index in [4.69, 9.17) is 4.74 Å². The fraction of sp³-hybridized carbons (Fsp3) is 0.533. The molecule has 3 heteroatoms. The van der Waals surface area contributed by atoms with Crippen molar-refractivity contribution in [1.29, 1.82) is 0 Å². The van der Waals surface area contributed by atoms with Crippen molar-refractivity contribution < 1.29 is 9.53 Å². The number of likely N-dealkylation sites (N-methyl/N-ethyl adjacent to an activating group) is 1. The molecule has 98 valence electrons. The first-order valence-corrected chi connectivity index (χ1v) is 6.59. The van der Waals surface area contributed by atoms with Gasteiger partial charge in [0.1, 0.15) is 0 Å². The fourth-order valence-electron chi connectivity index (χ4n) is 2.47. The van der Waals surface area contributed by atoms with Gasteiger partial charge in [-0.2, -0.15) is 0 Å². The molecule has 1 aromatic carbocycles. The first-order chi connectivity index (χ1) is 8.70. The SMILES string of the molecule is Cc1ccc(N(C)CC2CCCCO2)c(C=O)c1. The van der Waals surface area contributed by atoms with Gasteiger partial charge >= 0.3 is 0 Å². The largest absolute Gasteiger partial charge is 0.376 e. The van der Waals surface area contributed by atoms with E-state index < -0.39 is 0 Å². The van der Waals surface area contributed by atoms with Crippen LogP contribution in [0.5, 0.6) is 0 Å². The van der Waals surface area contributed by atoms with Gasteiger partial charge in [-0.05, 0) is 38.3 Å². The molecule has 1 fully saturated rings. The minimum absolute atomic E-state index is 0.296. The van der Waals surface area contributed by atoms with Crippen molar-refractivity contribution in [3.05, 3.63) is 29.3 Å². The van der Waals surface area contributed by atoms with Gasteiger partial charge in [0.15, 0.2) is 6.29 Å². The van der Waals surface area contributed by atoms with Gasteiger partial charge in [-0.1, -0.05) is 11.6 Å². The van der Waals surface area contributed by atoms with E-state index in [0.717, 1.165) is 42.7 Å². The normalized spacial score (nSPS) is 19.6. The number of rotatable bonds is 4. The molecule has 0 saturated carbocycles. The fourth-order valence-corrected chi connectivity index (χ4v) is 2.47. The second kappa shape index (κ2) is 6.01. The summed E-state index contributed by atoms with van der Waals surface area (Å²) < 4.78 is 5.74. The predicted molar refractivity (Wildman–Crippen MR) is 73.4 cm³/mol. The highest BCUT2D eigenvalue weighted by Crippen LogP contribution is 2.21. The van der Waals surface area contributed by atoms with Crippen LogP contribution in [-0.2, 0) is 4.74 Å². The van der Waals surface area contributed by atoms with Crippen molar-refractivity contribution in [2.24, 2.45) is 0 Å². The molecule has 0 radical (unpaired) electrons. The Kier molecular flexibility index (Phi) is 4.37. The number of aldehydes is 1. The molecule has 1 aromatic rings. The summed E-state index contributed by atoms with van der Waals surface area (Å²) in [5, 5.41) is 0. The summed E-state index contributed by atoms with van der Waals surface area (Å²) in [5.41, 5.74) is 2.86. The molecular weight excluding hydrogens is 226 g/mol. The van der Waals surface area contributed by atoms with Crippen LogP contribution in [0.3, 0.4) is 0 Å². The highest BCUT2D eigenvalue weighted by Gasteiger charge is 2.17. The lowest BCUT2D eigenvalue weighted by Gasteiger charge is -2.29. The zero-order valence-electron chi connectivity index (χ0n) is 11.2. The number of carbonyl (C=O) groups excluding carboxylic acids is 1. The third-order valence-electron chi connectivity index (χ3n) is 3.47. The van der Waals surface area contributed by atoms with Crippen LogP contribution < -0.4 is 4.90 Å². The maximum absolute atomic E-state index is 11.1. The van der Waals surface area contributed by atoms with Crippen molar-refractivity contribution in [3.8, 4) is 0 Å². The molecule has 0 amide bonds. The number of hydrogen-bond donors (Lipinski definition) is 0. The van der Waals surface area contributed by atoms with Crippen molar-refractivity contribution in [3.63, 3.8) is 0 Å². The highest BCUT2D eigenvalue weighted by molar-refractivity contribution is 5.84. The summed E-state index contributed by atoms with van der Waals surface area (Å²) in [6.07, 6.45) is 4.76. The number of ether oxygens (including phenoxy) is 1. The summed E-state index contributed by atoms with van der Waals surface area (Å²) in [5.74, 6) is 0. The molecule has 0 aromatic heterocycles. The number of carbonyl (C=O) groups is 1. The Balaban J connectivity index is 2.07. The molecule has 2 rings (SSSR count). The number of benzene rings is 1. The number of aryl methyl sites for hydroxylation is 1. The van der Waals surface area contributed by atoms with Gasteiger partial charge in [-0.25, -0.2) is 0 Å². The topological polar surface area (TPSA) is 29.5 Å². The summed E-state index contributed by atoms with van der Waals surface area (Å²) in [6, 6.07) is 5.99. The molecule has 18 heavy (non-hydrogen) atoms. The van der Waals surface area contributed by atoms with Gasteiger partial charge < -0.3 is 9.64 Å². The molecule has 0 bridgehead atoms. The Morgan fingerprint density at radius 2 is 2.28 bits per heavy atom. The summed E-state index contributed by atoms with van der Waals surface area (Å²) in [7, 11) is 2.02. The van der Waals surface area contributed by atoms with Gasteiger partial charge in [0.25, 0.3) is 0 Å². The van der Waals surface area contributed by atoms with E-state index in [1.165, 1.54) is 12.8 Å². The van der Waals surface area contributed by atoms with Gasteiger partial charge in [0.05, 0.1) is 6.10 Å². The maximum atomic E-state index is 11.1. The van der Waals surface area contributed by atoms with E-state index in [9.17, 15) is 4.79 Å². The van der Waals surface area contributed by atoms with E-state index in [2.05, 4.69) is 4.90 Å². The molecule has 1 atom stereocenters. The van der Waals surface area contributed by atoms with Crippen molar-refractivity contribution in [1.82, 2.24) is 0 Å². The second-order valence-electron chi connectivity index (χ2n) is 5.05. The third kappa shape index (κ3) is 3.10. The number of hydrogen-bond acceptors (Lipinski definition) is 3. The molecule has 0 spiro atoms. The monoisotopic (exact) mass is 247 g/mol. The Labute approximate surface area is 109 Å². The van der Waals surface area contributed by atoms with Crippen LogP contribution in [0.15, 0.2) is 18.2 Å². The molecule has 1 saturated heterocycles. The van der Waals surface area contributed by atoms with Gasteiger partial charge in [0.2, 0.25) is 0 Å². The zero-order valence-corrected chi connectivity index (χ0v) is 11.2. The minimum atomic E-state index is 0.296. The standard InChI is InChI=1S/C15H21NO2/c1-12-6-7-15(13(9-12)11-17)16(2)10-14-5-3-4-8-18-14/h6-7,9,11,14H,3-5,8,10H2,1-2H3.